The van der Waals surface area contributed by atoms with Crippen molar-refractivity contribution in [2.75, 3.05) is 0 Å². The van der Waals surface area contributed by atoms with E-state index in [9.17, 15) is 9.79 Å². The molecular formula is C26H33O2P. The molecule has 0 fully saturated rings. The number of hydrogen-bond donors (Lipinski definition) is 2. The molecule has 0 amide bonds. The van der Waals surface area contributed by atoms with Gasteiger partial charge < -0.3 is 0 Å². The SMILES string of the molecule is CC(C)(C)c1ccc([PH](O)(O)c2cccc(-c3ccccc3)c2)c(C(C)(C)C)c1. The first-order chi connectivity index (χ1) is 13.4. The Bertz CT molecular complexity index is 993. The Labute approximate surface area is 175 Å². The Morgan fingerprint density at radius 3 is 1.83 bits per heavy atom. The number of hydrogen-bond acceptors (Lipinski definition) is 2. The Morgan fingerprint density at radius 1 is 0.621 bits per heavy atom. The van der Waals surface area contributed by atoms with Gasteiger partial charge in [-0.25, -0.2) is 0 Å². The molecule has 0 radical (unpaired) electrons. The summed E-state index contributed by atoms with van der Waals surface area (Å²) in [7, 11) is -3.86. The molecule has 3 aromatic rings. The van der Waals surface area contributed by atoms with Crippen molar-refractivity contribution in [2.45, 2.75) is 52.4 Å². The fraction of sp³-hybridized carbons (Fsp3) is 0.308. The van der Waals surface area contributed by atoms with E-state index in [1.807, 2.05) is 66.7 Å². The second-order valence-corrected chi connectivity index (χ2v) is 12.3. The van der Waals surface area contributed by atoms with Crippen LogP contribution in [0.4, 0.5) is 0 Å². The molecule has 0 atom stereocenters. The molecular weight excluding hydrogens is 375 g/mol. The Kier molecular flexibility index (Phi) is 5.75. The van der Waals surface area contributed by atoms with Gasteiger partial charge in [-0.1, -0.05) is 0 Å². The molecule has 3 aromatic carbocycles. The van der Waals surface area contributed by atoms with Crippen molar-refractivity contribution in [3.05, 3.63) is 83.9 Å². The van der Waals surface area contributed by atoms with Crippen molar-refractivity contribution in [3.8, 4) is 11.1 Å². The Balaban J connectivity index is 2.15. The van der Waals surface area contributed by atoms with E-state index in [0.717, 1.165) is 16.7 Å². The van der Waals surface area contributed by atoms with Crippen molar-refractivity contribution in [2.24, 2.45) is 0 Å². The summed E-state index contributed by atoms with van der Waals surface area (Å²) in [6.45, 7) is 12.9. The Hall–Kier alpha value is -1.99. The molecule has 154 valence electrons. The first-order valence-corrected chi connectivity index (χ1v) is 12.1. The minimum atomic E-state index is -3.86. The van der Waals surface area contributed by atoms with Crippen LogP contribution in [0.15, 0.2) is 72.8 Å². The van der Waals surface area contributed by atoms with Crippen molar-refractivity contribution in [1.82, 2.24) is 0 Å². The molecule has 0 aliphatic rings. The predicted octanol–water partition coefficient (Wildman–Crippen LogP) is 5.46. The van der Waals surface area contributed by atoms with Crippen LogP contribution in [-0.2, 0) is 10.8 Å². The zero-order valence-electron chi connectivity index (χ0n) is 18.3. The van der Waals surface area contributed by atoms with Crippen LogP contribution in [0.3, 0.4) is 0 Å². The summed E-state index contributed by atoms with van der Waals surface area (Å²) in [6.07, 6.45) is 0. The van der Waals surface area contributed by atoms with Crippen molar-refractivity contribution in [1.29, 1.82) is 0 Å². The first-order valence-electron chi connectivity index (χ1n) is 10.2. The molecule has 2 N–H and O–H groups in total. The molecule has 3 rings (SSSR count). The molecule has 2 nitrogen and oxygen atoms in total. The third-order valence-electron chi connectivity index (χ3n) is 5.44. The Morgan fingerprint density at radius 2 is 1.24 bits per heavy atom. The van der Waals surface area contributed by atoms with E-state index in [4.69, 9.17) is 0 Å². The zero-order chi connectivity index (χ0) is 21.4. The summed E-state index contributed by atoms with van der Waals surface area (Å²) in [5.41, 5.74) is 4.07. The van der Waals surface area contributed by atoms with Gasteiger partial charge in [-0.3, -0.25) is 0 Å². The van der Waals surface area contributed by atoms with Gasteiger partial charge in [-0.05, 0) is 0 Å². The summed E-state index contributed by atoms with van der Waals surface area (Å²) in [5, 5.41) is 1.27. The molecule has 0 unspecified atom stereocenters. The van der Waals surface area contributed by atoms with Gasteiger partial charge in [0.25, 0.3) is 0 Å². The van der Waals surface area contributed by atoms with E-state index in [0.29, 0.717) is 10.6 Å². The topological polar surface area (TPSA) is 40.5 Å². The predicted molar refractivity (Wildman–Crippen MR) is 128 cm³/mol. The second kappa shape index (κ2) is 7.69. The van der Waals surface area contributed by atoms with Gasteiger partial charge in [-0.15, -0.1) is 0 Å². The second-order valence-electron chi connectivity index (χ2n) is 9.88. The number of rotatable bonds is 3. The maximum atomic E-state index is 11.5. The van der Waals surface area contributed by atoms with E-state index >= 15 is 0 Å². The van der Waals surface area contributed by atoms with Crippen molar-refractivity contribution >= 4 is 18.3 Å². The van der Waals surface area contributed by atoms with Crippen LogP contribution in [-0.4, -0.2) is 9.79 Å². The van der Waals surface area contributed by atoms with E-state index in [1.54, 1.807) is 0 Å². The normalized spacial score (nSPS) is 13.4. The molecule has 0 spiro atoms. The molecule has 0 aromatic heterocycles. The van der Waals surface area contributed by atoms with Crippen molar-refractivity contribution < 1.29 is 9.79 Å². The third-order valence-corrected chi connectivity index (χ3v) is 7.74. The van der Waals surface area contributed by atoms with Crippen LogP contribution >= 0.6 is 7.72 Å². The van der Waals surface area contributed by atoms with Crippen LogP contribution in [0.2, 0.25) is 0 Å². The average molecular weight is 409 g/mol. The fourth-order valence-corrected chi connectivity index (χ4v) is 5.77. The molecule has 29 heavy (non-hydrogen) atoms. The molecule has 0 saturated carbocycles. The third kappa shape index (κ3) is 4.61. The molecule has 0 aliphatic carbocycles. The summed E-state index contributed by atoms with van der Waals surface area (Å²) in [5.74, 6) is 0. The van der Waals surface area contributed by atoms with Gasteiger partial charge in [0.1, 0.15) is 0 Å². The summed E-state index contributed by atoms with van der Waals surface area (Å²) in [6, 6.07) is 23.9. The van der Waals surface area contributed by atoms with Gasteiger partial charge in [0.05, 0.1) is 0 Å². The summed E-state index contributed by atoms with van der Waals surface area (Å²) >= 11 is 0. The van der Waals surface area contributed by atoms with E-state index in [2.05, 4.69) is 47.6 Å². The summed E-state index contributed by atoms with van der Waals surface area (Å²) < 4.78 is 0. The molecule has 3 heteroatoms. The van der Waals surface area contributed by atoms with Crippen molar-refractivity contribution in [3.63, 3.8) is 0 Å². The molecule has 0 bridgehead atoms. The number of benzene rings is 3. The van der Waals surface area contributed by atoms with Crippen LogP contribution in [0.5, 0.6) is 0 Å². The zero-order valence-corrected chi connectivity index (χ0v) is 19.3. The maximum absolute atomic E-state index is 11.5. The van der Waals surface area contributed by atoms with Crippen LogP contribution in [0.1, 0.15) is 52.7 Å². The fourth-order valence-electron chi connectivity index (χ4n) is 3.64. The standard InChI is InChI=1S/C26H33O2P/c1-25(2,3)21-15-16-24(23(18-21)26(4,5)6)29(27,28)22-14-10-13-20(17-22)19-11-8-7-9-12-19/h7-18,27-29H,1-6H3. The molecule has 0 saturated heterocycles. The van der Waals surface area contributed by atoms with Gasteiger partial charge >= 0.3 is 176 Å². The van der Waals surface area contributed by atoms with E-state index in [-0.39, 0.29) is 10.8 Å². The van der Waals surface area contributed by atoms with Crippen LogP contribution in [0, 0.1) is 0 Å². The monoisotopic (exact) mass is 408 g/mol. The van der Waals surface area contributed by atoms with Crippen LogP contribution in [0.25, 0.3) is 11.1 Å². The van der Waals surface area contributed by atoms with Gasteiger partial charge in [0.2, 0.25) is 0 Å². The first kappa shape index (κ1) is 21.7. The van der Waals surface area contributed by atoms with Crippen LogP contribution < -0.4 is 10.6 Å². The van der Waals surface area contributed by atoms with Gasteiger partial charge in [0, 0.05) is 0 Å². The van der Waals surface area contributed by atoms with E-state index < -0.39 is 7.72 Å². The van der Waals surface area contributed by atoms with E-state index in [1.165, 1.54) is 5.56 Å². The summed E-state index contributed by atoms with van der Waals surface area (Å²) in [4.78, 5) is 22.9. The van der Waals surface area contributed by atoms with Gasteiger partial charge in [0.15, 0.2) is 0 Å². The molecule has 0 aliphatic heterocycles. The molecule has 0 heterocycles. The average Bonchev–Trinajstić information content (AvgIpc) is 2.67. The minimum absolute atomic E-state index is 0.000876. The quantitative estimate of drug-likeness (QED) is 0.565. The van der Waals surface area contributed by atoms with Gasteiger partial charge in [-0.2, -0.15) is 0 Å².